The Morgan fingerprint density at radius 2 is 2.00 bits per heavy atom. The molecule has 0 radical (unpaired) electrons. The highest BCUT2D eigenvalue weighted by Gasteiger charge is 1.99. The first-order valence-corrected chi connectivity index (χ1v) is 5.41. The molecule has 0 fully saturated rings. The molecule has 1 heterocycles. The number of carbonyl (C=O) groups is 1. The van der Waals surface area contributed by atoms with Crippen LogP contribution in [0.5, 0.6) is 0 Å². The third kappa shape index (κ3) is 5.16. The Morgan fingerprint density at radius 3 is 2.44 bits per heavy atom. The predicted octanol–water partition coefficient (Wildman–Crippen LogP) is 0.337. The van der Waals surface area contributed by atoms with Crippen molar-refractivity contribution in [2.45, 2.75) is 6.54 Å². The highest BCUT2D eigenvalue weighted by atomic mass is 16.6. The summed E-state index contributed by atoms with van der Waals surface area (Å²) in [5.41, 5.74) is 1.33. The number of nitrogens with zero attached hydrogens (tertiary/aromatic N) is 2. The van der Waals surface area contributed by atoms with Crippen LogP contribution in [0.25, 0.3) is 0 Å². The minimum atomic E-state index is -1.50. The van der Waals surface area contributed by atoms with Gasteiger partial charge in [0.15, 0.2) is 0 Å². The smallest absolute Gasteiger partial charge is 0.251 e. The summed E-state index contributed by atoms with van der Waals surface area (Å²) in [5.74, 6) is 0. The van der Waals surface area contributed by atoms with E-state index in [0.29, 0.717) is 0 Å². The molecule has 0 atom stereocenters. The fourth-order valence-corrected chi connectivity index (χ4v) is 1.39. The van der Waals surface area contributed by atoms with Gasteiger partial charge in [-0.05, 0) is 5.56 Å². The van der Waals surface area contributed by atoms with Crippen LogP contribution in [0.2, 0.25) is 0 Å². The minimum Gasteiger partial charge on any atom is -0.553 e. The molecule has 2 aromatic rings. The molecule has 1 aromatic heterocycles. The van der Waals surface area contributed by atoms with Crippen molar-refractivity contribution in [3.05, 3.63) is 54.6 Å². The van der Waals surface area contributed by atoms with Gasteiger partial charge in [-0.25, -0.2) is 9.13 Å². The second kappa shape index (κ2) is 7.11. The summed E-state index contributed by atoms with van der Waals surface area (Å²) in [4.78, 5) is 9.03. The lowest BCUT2D eigenvalue weighted by Gasteiger charge is -1.95. The summed E-state index contributed by atoms with van der Waals surface area (Å²) in [5, 5.41) is 9.03. The number of aryl methyl sites for hydroxylation is 1. The zero-order valence-corrected chi connectivity index (χ0v) is 10.4. The average molecular weight is 248 g/mol. The van der Waals surface area contributed by atoms with Crippen molar-refractivity contribution < 1.29 is 19.2 Å². The highest BCUT2D eigenvalue weighted by Crippen LogP contribution is 1.96. The monoisotopic (exact) mass is 248 g/mol. The highest BCUT2D eigenvalue weighted by molar-refractivity contribution is 5.53. The van der Waals surface area contributed by atoms with E-state index in [1.165, 1.54) is 5.56 Å². The van der Waals surface area contributed by atoms with Crippen LogP contribution in [0, 0.1) is 0 Å². The van der Waals surface area contributed by atoms with Crippen LogP contribution < -0.4 is 9.67 Å². The van der Waals surface area contributed by atoms with Crippen molar-refractivity contribution in [2.24, 2.45) is 7.05 Å². The van der Waals surface area contributed by atoms with E-state index in [0.717, 1.165) is 13.7 Å². The van der Waals surface area contributed by atoms with Crippen molar-refractivity contribution in [1.82, 2.24) is 4.57 Å². The molecule has 0 N–H and O–H groups in total. The summed E-state index contributed by atoms with van der Waals surface area (Å²) < 4.78 is 7.76. The Bertz CT molecular complexity index is 480. The lowest BCUT2D eigenvalue weighted by molar-refractivity contribution is -0.687. The molecule has 2 rings (SSSR count). The molecule has 0 spiro atoms. The van der Waals surface area contributed by atoms with Crippen LogP contribution in [0.4, 0.5) is 4.79 Å². The number of rotatable bonds is 2. The average Bonchev–Trinajstić information content (AvgIpc) is 2.77. The van der Waals surface area contributed by atoms with E-state index in [1.807, 2.05) is 23.9 Å². The Morgan fingerprint density at radius 1 is 1.39 bits per heavy atom. The molecular weight excluding hydrogens is 232 g/mol. The molecule has 0 saturated carbocycles. The van der Waals surface area contributed by atoms with Crippen LogP contribution >= 0.6 is 0 Å². The largest absolute Gasteiger partial charge is 0.553 e. The van der Waals surface area contributed by atoms with E-state index in [-0.39, 0.29) is 0 Å². The van der Waals surface area contributed by atoms with E-state index in [9.17, 15) is 0 Å². The molecule has 96 valence electrons. The number of methoxy groups -OCH3 is 1. The Kier molecular flexibility index (Phi) is 5.44. The number of carbonyl (C=O) groups excluding carboxylic acids is 1. The van der Waals surface area contributed by atoms with Gasteiger partial charge in [0, 0.05) is 7.11 Å². The Hall–Kier alpha value is -2.30. The first-order valence-electron chi connectivity index (χ1n) is 5.41. The van der Waals surface area contributed by atoms with Gasteiger partial charge in [0.25, 0.3) is 6.16 Å². The lowest BCUT2D eigenvalue weighted by Crippen LogP contribution is -2.31. The molecule has 0 aliphatic rings. The molecule has 5 nitrogen and oxygen atoms in total. The predicted molar refractivity (Wildman–Crippen MR) is 63.6 cm³/mol. The summed E-state index contributed by atoms with van der Waals surface area (Å²) in [6.07, 6.45) is 4.70. The molecule has 5 heteroatoms. The van der Waals surface area contributed by atoms with E-state index in [2.05, 4.69) is 46.1 Å². The molecule has 0 aliphatic carbocycles. The van der Waals surface area contributed by atoms with Crippen molar-refractivity contribution >= 4 is 6.16 Å². The maximum absolute atomic E-state index is 9.03. The zero-order chi connectivity index (χ0) is 13.4. The van der Waals surface area contributed by atoms with E-state index in [1.54, 1.807) is 0 Å². The molecule has 0 aliphatic heterocycles. The van der Waals surface area contributed by atoms with Gasteiger partial charge in [-0.15, -0.1) is 0 Å². The quantitative estimate of drug-likeness (QED) is 0.568. The summed E-state index contributed by atoms with van der Waals surface area (Å²) in [6, 6.07) is 10.5. The number of benzene rings is 1. The number of aromatic nitrogens is 2. The second-order valence-corrected chi connectivity index (χ2v) is 3.69. The molecule has 0 saturated heterocycles. The van der Waals surface area contributed by atoms with E-state index >= 15 is 0 Å². The normalized spacial score (nSPS) is 9.22. The number of ether oxygens (including phenoxy) is 1. The number of hydrogen-bond acceptors (Lipinski definition) is 3. The van der Waals surface area contributed by atoms with Gasteiger partial charge in [0.2, 0.25) is 6.33 Å². The van der Waals surface area contributed by atoms with Gasteiger partial charge < -0.3 is 14.6 Å². The van der Waals surface area contributed by atoms with Crippen molar-refractivity contribution in [3.63, 3.8) is 0 Å². The molecule has 0 bridgehead atoms. The molecule has 0 unspecified atom stereocenters. The van der Waals surface area contributed by atoms with Crippen LogP contribution in [0.15, 0.2) is 49.1 Å². The van der Waals surface area contributed by atoms with Gasteiger partial charge in [0.1, 0.15) is 18.9 Å². The summed E-state index contributed by atoms with van der Waals surface area (Å²) in [6.45, 7) is 0.946. The maximum atomic E-state index is 9.03. The van der Waals surface area contributed by atoms with Crippen LogP contribution in [0.1, 0.15) is 5.56 Å². The van der Waals surface area contributed by atoms with Crippen LogP contribution in [-0.4, -0.2) is 17.8 Å². The van der Waals surface area contributed by atoms with Gasteiger partial charge >= 0.3 is 0 Å². The second-order valence-electron chi connectivity index (χ2n) is 3.69. The molecule has 18 heavy (non-hydrogen) atoms. The SMILES string of the molecule is COC(=O)[O-].Cn1cc[n+](Cc2ccccc2)c1. The maximum Gasteiger partial charge on any atom is 0.251 e. The number of hydrogen-bond donors (Lipinski definition) is 0. The first-order chi connectivity index (χ1) is 8.61. The minimum absolute atomic E-state index is 0.946. The van der Waals surface area contributed by atoms with E-state index < -0.39 is 6.16 Å². The fourth-order valence-electron chi connectivity index (χ4n) is 1.39. The lowest BCUT2D eigenvalue weighted by atomic mass is 10.2. The Labute approximate surface area is 106 Å². The standard InChI is InChI=1S/C11H13N2.C2H4O3/c1-12-7-8-13(10-12)9-11-5-3-2-4-6-11;1-5-2(3)4/h2-8,10H,9H2,1H3;1H3,(H,3,4)/q+1;/p-1. The Balaban J connectivity index is 0.000000280. The molecular formula is C13H16N2O3. The summed E-state index contributed by atoms with van der Waals surface area (Å²) in [7, 11) is 3.07. The molecule has 0 amide bonds. The third-order valence-electron chi connectivity index (χ3n) is 2.20. The number of imidazole rings is 1. The zero-order valence-electron chi connectivity index (χ0n) is 10.4. The van der Waals surface area contributed by atoms with Gasteiger partial charge in [-0.3, -0.25) is 0 Å². The molecule has 1 aromatic carbocycles. The van der Waals surface area contributed by atoms with Gasteiger partial charge in [-0.1, -0.05) is 30.3 Å². The van der Waals surface area contributed by atoms with Crippen molar-refractivity contribution in [1.29, 1.82) is 0 Å². The number of carboxylic acid groups (broad SMARTS) is 1. The van der Waals surface area contributed by atoms with Crippen LogP contribution in [-0.2, 0) is 18.3 Å². The topological polar surface area (TPSA) is 58.2 Å². The van der Waals surface area contributed by atoms with Crippen molar-refractivity contribution in [2.75, 3.05) is 7.11 Å². The van der Waals surface area contributed by atoms with Gasteiger partial charge in [0.05, 0.1) is 7.05 Å². The van der Waals surface area contributed by atoms with Gasteiger partial charge in [-0.2, -0.15) is 0 Å². The van der Waals surface area contributed by atoms with Crippen LogP contribution in [0.3, 0.4) is 0 Å². The van der Waals surface area contributed by atoms with E-state index in [4.69, 9.17) is 9.90 Å². The first kappa shape index (κ1) is 13.8. The third-order valence-corrected chi connectivity index (χ3v) is 2.20. The van der Waals surface area contributed by atoms with Crippen molar-refractivity contribution in [3.8, 4) is 0 Å². The fraction of sp³-hybridized carbons (Fsp3) is 0.231. The summed E-state index contributed by atoms with van der Waals surface area (Å²) >= 11 is 0.